The number of β-amino-alcohol motifs (C(OH)–C–C–N with tert-alkyl or cyclic N) is 1. The van der Waals surface area contributed by atoms with Crippen molar-refractivity contribution >= 4 is 5.91 Å². The summed E-state index contributed by atoms with van der Waals surface area (Å²) in [4.78, 5) is 18.7. The summed E-state index contributed by atoms with van der Waals surface area (Å²) in [6, 6.07) is 9.76. The van der Waals surface area contributed by atoms with E-state index >= 15 is 0 Å². The fourth-order valence-electron chi connectivity index (χ4n) is 2.78. The van der Waals surface area contributed by atoms with E-state index in [-0.39, 0.29) is 18.6 Å². The summed E-state index contributed by atoms with van der Waals surface area (Å²) in [5, 5.41) is 9.02. The third-order valence-electron chi connectivity index (χ3n) is 3.98. The Morgan fingerprint density at radius 3 is 2.33 bits per heavy atom. The fourth-order valence-corrected chi connectivity index (χ4v) is 2.78. The second-order valence-electron chi connectivity index (χ2n) is 5.65. The van der Waals surface area contributed by atoms with E-state index < -0.39 is 0 Å². The van der Waals surface area contributed by atoms with Gasteiger partial charge in [-0.2, -0.15) is 0 Å². The van der Waals surface area contributed by atoms with Gasteiger partial charge in [0.1, 0.15) is 6.04 Å². The van der Waals surface area contributed by atoms with Crippen LogP contribution in [0.5, 0.6) is 0 Å². The van der Waals surface area contributed by atoms with Gasteiger partial charge >= 0.3 is 0 Å². The summed E-state index contributed by atoms with van der Waals surface area (Å²) in [7, 11) is 3.61. The minimum absolute atomic E-state index is 0.122. The minimum Gasteiger partial charge on any atom is -0.395 e. The Labute approximate surface area is 126 Å². The Morgan fingerprint density at radius 1 is 1.19 bits per heavy atom. The van der Waals surface area contributed by atoms with E-state index in [1.54, 1.807) is 19.0 Å². The van der Waals surface area contributed by atoms with Crippen LogP contribution in [-0.4, -0.2) is 79.1 Å². The van der Waals surface area contributed by atoms with Gasteiger partial charge in [-0.25, -0.2) is 0 Å². The van der Waals surface area contributed by atoms with Crippen LogP contribution in [0.2, 0.25) is 0 Å². The molecule has 0 saturated carbocycles. The van der Waals surface area contributed by atoms with Gasteiger partial charge in [0.15, 0.2) is 0 Å². The van der Waals surface area contributed by atoms with Gasteiger partial charge in [0, 0.05) is 46.8 Å². The van der Waals surface area contributed by atoms with Crippen molar-refractivity contribution in [2.24, 2.45) is 0 Å². The summed E-state index contributed by atoms with van der Waals surface area (Å²) < 4.78 is 0. The Bertz CT molecular complexity index is 442. The third-order valence-corrected chi connectivity index (χ3v) is 3.98. The van der Waals surface area contributed by atoms with Gasteiger partial charge in [-0.15, -0.1) is 0 Å². The first kappa shape index (κ1) is 15.9. The molecule has 1 amide bonds. The second-order valence-corrected chi connectivity index (χ2v) is 5.65. The van der Waals surface area contributed by atoms with Gasteiger partial charge < -0.3 is 10.0 Å². The van der Waals surface area contributed by atoms with Crippen LogP contribution in [0.25, 0.3) is 0 Å². The lowest BCUT2D eigenvalue weighted by atomic mass is 10.0. The Balaban J connectivity index is 2.12. The van der Waals surface area contributed by atoms with E-state index in [1.807, 2.05) is 30.3 Å². The number of amides is 1. The number of carbonyl (C=O) groups is 1. The number of benzene rings is 1. The number of aliphatic hydroxyl groups excluding tert-OH is 1. The topological polar surface area (TPSA) is 47.0 Å². The molecule has 1 aromatic rings. The fraction of sp³-hybridized carbons (Fsp3) is 0.562. The molecule has 0 bridgehead atoms. The Kier molecular flexibility index (Phi) is 5.73. The SMILES string of the molecule is CN(C)C(=O)C(c1ccccc1)N1CCN(CCO)CC1. The molecule has 1 aliphatic heterocycles. The van der Waals surface area contributed by atoms with Crippen LogP contribution in [-0.2, 0) is 4.79 Å². The van der Waals surface area contributed by atoms with E-state index in [1.165, 1.54) is 0 Å². The molecule has 5 heteroatoms. The zero-order chi connectivity index (χ0) is 15.2. The molecule has 5 nitrogen and oxygen atoms in total. The first-order valence-corrected chi connectivity index (χ1v) is 7.47. The highest BCUT2D eigenvalue weighted by Gasteiger charge is 2.31. The van der Waals surface area contributed by atoms with Gasteiger partial charge in [-0.3, -0.25) is 14.6 Å². The first-order valence-electron chi connectivity index (χ1n) is 7.47. The quantitative estimate of drug-likeness (QED) is 0.854. The summed E-state index contributed by atoms with van der Waals surface area (Å²) >= 11 is 0. The van der Waals surface area contributed by atoms with Crippen molar-refractivity contribution in [1.29, 1.82) is 0 Å². The number of nitrogens with zero attached hydrogens (tertiary/aromatic N) is 3. The van der Waals surface area contributed by atoms with E-state index in [2.05, 4.69) is 9.80 Å². The molecule has 2 rings (SSSR count). The maximum absolute atomic E-state index is 12.6. The summed E-state index contributed by atoms with van der Waals surface area (Å²) in [5.41, 5.74) is 1.05. The minimum atomic E-state index is -0.211. The number of aliphatic hydroxyl groups is 1. The molecule has 1 fully saturated rings. The highest BCUT2D eigenvalue weighted by molar-refractivity contribution is 5.82. The van der Waals surface area contributed by atoms with Crippen molar-refractivity contribution in [2.75, 3.05) is 53.4 Å². The van der Waals surface area contributed by atoms with Gasteiger partial charge in [-0.05, 0) is 5.56 Å². The van der Waals surface area contributed by atoms with E-state index in [9.17, 15) is 4.79 Å². The number of carbonyl (C=O) groups excluding carboxylic acids is 1. The number of piperazine rings is 1. The largest absolute Gasteiger partial charge is 0.395 e. The van der Waals surface area contributed by atoms with Crippen LogP contribution in [0.15, 0.2) is 30.3 Å². The molecule has 1 heterocycles. The molecule has 0 radical (unpaired) electrons. The average molecular weight is 291 g/mol. The molecule has 0 aromatic heterocycles. The van der Waals surface area contributed by atoms with Gasteiger partial charge in [-0.1, -0.05) is 30.3 Å². The molecule has 1 N–H and O–H groups in total. The normalized spacial score (nSPS) is 18.4. The molecular weight excluding hydrogens is 266 g/mol. The smallest absolute Gasteiger partial charge is 0.244 e. The van der Waals surface area contributed by atoms with E-state index in [4.69, 9.17) is 5.11 Å². The molecule has 1 aliphatic rings. The van der Waals surface area contributed by atoms with Crippen molar-refractivity contribution in [3.63, 3.8) is 0 Å². The first-order chi connectivity index (χ1) is 10.1. The number of hydrogen-bond donors (Lipinski definition) is 1. The van der Waals surface area contributed by atoms with Crippen LogP contribution in [0.1, 0.15) is 11.6 Å². The highest BCUT2D eigenvalue weighted by atomic mass is 16.3. The number of likely N-dealkylation sites (N-methyl/N-ethyl adjacent to an activating group) is 1. The zero-order valence-corrected chi connectivity index (χ0v) is 12.9. The van der Waals surface area contributed by atoms with Gasteiger partial charge in [0.25, 0.3) is 0 Å². The van der Waals surface area contributed by atoms with Crippen LogP contribution < -0.4 is 0 Å². The lowest BCUT2D eigenvalue weighted by Gasteiger charge is -2.39. The number of hydrogen-bond acceptors (Lipinski definition) is 4. The van der Waals surface area contributed by atoms with Crippen molar-refractivity contribution in [3.05, 3.63) is 35.9 Å². The molecule has 1 aromatic carbocycles. The van der Waals surface area contributed by atoms with E-state index in [0.29, 0.717) is 6.54 Å². The lowest BCUT2D eigenvalue weighted by Crippen LogP contribution is -2.51. The predicted molar refractivity (Wildman–Crippen MR) is 83.0 cm³/mol. The lowest BCUT2D eigenvalue weighted by molar-refractivity contribution is -0.135. The zero-order valence-electron chi connectivity index (χ0n) is 12.9. The summed E-state index contributed by atoms with van der Waals surface area (Å²) in [6.45, 7) is 4.39. The maximum atomic E-state index is 12.6. The molecular formula is C16H25N3O2. The Hall–Kier alpha value is -1.43. The molecule has 1 unspecified atom stereocenters. The van der Waals surface area contributed by atoms with Crippen LogP contribution >= 0.6 is 0 Å². The van der Waals surface area contributed by atoms with Crippen LogP contribution in [0.4, 0.5) is 0 Å². The molecule has 1 atom stereocenters. The summed E-state index contributed by atoms with van der Waals surface area (Å²) in [6.07, 6.45) is 0. The van der Waals surface area contributed by atoms with E-state index in [0.717, 1.165) is 31.7 Å². The molecule has 0 spiro atoms. The number of rotatable bonds is 5. The van der Waals surface area contributed by atoms with Crippen molar-refractivity contribution in [2.45, 2.75) is 6.04 Å². The maximum Gasteiger partial charge on any atom is 0.244 e. The molecule has 116 valence electrons. The molecule has 21 heavy (non-hydrogen) atoms. The predicted octanol–water partition coefficient (Wildman–Crippen LogP) is 0.426. The van der Waals surface area contributed by atoms with Crippen LogP contribution in [0, 0.1) is 0 Å². The summed E-state index contributed by atoms with van der Waals surface area (Å²) in [5.74, 6) is 0.122. The van der Waals surface area contributed by atoms with Gasteiger partial charge in [0.05, 0.1) is 6.61 Å². The van der Waals surface area contributed by atoms with Crippen molar-refractivity contribution in [1.82, 2.24) is 14.7 Å². The van der Waals surface area contributed by atoms with Crippen molar-refractivity contribution in [3.8, 4) is 0 Å². The third kappa shape index (κ3) is 4.03. The monoisotopic (exact) mass is 291 g/mol. The second kappa shape index (κ2) is 7.54. The standard InChI is InChI=1S/C16H25N3O2/c1-17(2)16(21)15(14-6-4-3-5-7-14)19-10-8-18(9-11-19)12-13-20/h3-7,15,20H,8-13H2,1-2H3. The average Bonchev–Trinajstić information content (AvgIpc) is 2.50. The van der Waals surface area contributed by atoms with Crippen LogP contribution in [0.3, 0.4) is 0 Å². The molecule has 1 saturated heterocycles. The van der Waals surface area contributed by atoms with Crippen molar-refractivity contribution < 1.29 is 9.90 Å². The molecule has 0 aliphatic carbocycles. The highest BCUT2D eigenvalue weighted by Crippen LogP contribution is 2.23. The Morgan fingerprint density at radius 2 is 1.81 bits per heavy atom. The van der Waals surface area contributed by atoms with Gasteiger partial charge in [0.2, 0.25) is 5.91 Å².